The molecule has 1 aliphatic heterocycles. The second kappa shape index (κ2) is 8.30. The van der Waals surface area contributed by atoms with Crippen molar-refractivity contribution in [3.05, 3.63) is 71.8 Å². The predicted molar refractivity (Wildman–Crippen MR) is 115 cm³/mol. The highest BCUT2D eigenvalue weighted by Gasteiger charge is 2.58. The number of amidine groups is 1. The zero-order valence-electron chi connectivity index (χ0n) is 17.4. The SMILES string of the molecule is CC(C)C(NC(=O)OCc1ccccc1)C1=NC2(CC2)C(=O)N1Cc1ccccc1. The van der Waals surface area contributed by atoms with Gasteiger partial charge in [-0.25, -0.2) is 4.79 Å². The van der Waals surface area contributed by atoms with E-state index in [1.807, 2.05) is 74.5 Å². The summed E-state index contributed by atoms with van der Waals surface area (Å²) in [5.41, 5.74) is 1.34. The maximum atomic E-state index is 13.1. The van der Waals surface area contributed by atoms with E-state index >= 15 is 0 Å². The lowest BCUT2D eigenvalue weighted by Gasteiger charge is -2.28. The molecule has 1 fully saturated rings. The van der Waals surface area contributed by atoms with Gasteiger partial charge in [0, 0.05) is 0 Å². The molecule has 0 aromatic heterocycles. The molecule has 1 spiro atoms. The van der Waals surface area contributed by atoms with E-state index in [1.54, 1.807) is 4.90 Å². The third-order valence-corrected chi connectivity index (χ3v) is 5.59. The van der Waals surface area contributed by atoms with Crippen molar-refractivity contribution < 1.29 is 14.3 Å². The molecule has 2 amide bonds. The number of rotatable bonds is 7. The van der Waals surface area contributed by atoms with Crippen molar-refractivity contribution in [3.63, 3.8) is 0 Å². The first-order valence-electron chi connectivity index (χ1n) is 10.4. The van der Waals surface area contributed by atoms with Gasteiger partial charge in [-0.15, -0.1) is 0 Å². The van der Waals surface area contributed by atoms with Gasteiger partial charge in [-0.2, -0.15) is 0 Å². The van der Waals surface area contributed by atoms with Crippen molar-refractivity contribution in [3.8, 4) is 0 Å². The summed E-state index contributed by atoms with van der Waals surface area (Å²) in [6.45, 7) is 4.66. The van der Waals surface area contributed by atoms with Crippen LogP contribution in [0.3, 0.4) is 0 Å². The quantitative estimate of drug-likeness (QED) is 0.759. The number of carbonyl (C=O) groups excluding carboxylic acids is 2. The predicted octanol–water partition coefficient (Wildman–Crippen LogP) is 3.91. The number of carbonyl (C=O) groups is 2. The van der Waals surface area contributed by atoms with Gasteiger partial charge < -0.3 is 10.1 Å². The van der Waals surface area contributed by atoms with Crippen molar-refractivity contribution in [2.24, 2.45) is 10.9 Å². The summed E-state index contributed by atoms with van der Waals surface area (Å²) in [5, 5.41) is 2.94. The Balaban J connectivity index is 1.49. The molecule has 6 heteroatoms. The highest BCUT2D eigenvalue weighted by molar-refractivity contribution is 6.12. The lowest BCUT2D eigenvalue weighted by atomic mass is 10.0. The average molecular weight is 405 g/mol. The van der Waals surface area contributed by atoms with Crippen LogP contribution in [0.1, 0.15) is 37.8 Å². The Kier molecular flexibility index (Phi) is 5.57. The largest absolute Gasteiger partial charge is 0.445 e. The first kappa shape index (κ1) is 20.1. The van der Waals surface area contributed by atoms with Crippen LogP contribution in [0, 0.1) is 5.92 Å². The first-order chi connectivity index (χ1) is 14.5. The molecule has 2 aliphatic rings. The molecule has 1 atom stereocenters. The van der Waals surface area contributed by atoms with E-state index in [0.29, 0.717) is 12.4 Å². The number of hydrogen-bond donors (Lipinski definition) is 1. The number of benzene rings is 2. The lowest BCUT2D eigenvalue weighted by molar-refractivity contribution is -0.128. The number of hydrogen-bond acceptors (Lipinski definition) is 4. The van der Waals surface area contributed by atoms with E-state index < -0.39 is 17.7 Å². The Bertz CT molecular complexity index is 937. The van der Waals surface area contributed by atoms with Crippen LogP contribution in [0.25, 0.3) is 0 Å². The summed E-state index contributed by atoms with van der Waals surface area (Å²) >= 11 is 0. The van der Waals surface area contributed by atoms with Crippen LogP contribution < -0.4 is 5.32 Å². The third kappa shape index (κ3) is 4.22. The van der Waals surface area contributed by atoms with Crippen LogP contribution in [-0.4, -0.2) is 34.3 Å². The Morgan fingerprint density at radius 3 is 2.23 bits per heavy atom. The molecule has 1 saturated carbocycles. The van der Waals surface area contributed by atoms with Crippen LogP contribution in [0.2, 0.25) is 0 Å². The summed E-state index contributed by atoms with van der Waals surface area (Å²) < 4.78 is 5.41. The number of nitrogens with zero attached hydrogens (tertiary/aromatic N) is 2. The molecular formula is C24H27N3O3. The Labute approximate surface area is 176 Å². The van der Waals surface area contributed by atoms with E-state index in [4.69, 9.17) is 9.73 Å². The summed E-state index contributed by atoms with van der Waals surface area (Å²) in [7, 11) is 0. The van der Waals surface area contributed by atoms with Crippen molar-refractivity contribution >= 4 is 17.8 Å². The van der Waals surface area contributed by atoms with Crippen molar-refractivity contribution in [1.82, 2.24) is 10.2 Å². The monoisotopic (exact) mass is 405 g/mol. The van der Waals surface area contributed by atoms with Crippen molar-refractivity contribution in [1.29, 1.82) is 0 Å². The van der Waals surface area contributed by atoms with Crippen LogP contribution in [0.4, 0.5) is 4.79 Å². The molecular weight excluding hydrogens is 378 g/mol. The highest BCUT2D eigenvalue weighted by atomic mass is 16.5. The van der Waals surface area contributed by atoms with Crippen molar-refractivity contribution in [2.45, 2.75) is 51.4 Å². The normalized spacial score (nSPS) is 17.8. The zero-order valence-corrected chi connectivity index (χ0v) is 17.4. The van der Waals surface area contributed by atoms with Crippen LogP contribution in [-0.2, 0) is 22.7 Å². The zero-order chi connectivity index (χ0) is 21.1. The minimum absolute atomic E-state index is 0.0338. The number of aliphatic imine (C=N–C) groups is 1. The molecule has 1 aliphatic carbocycles. The topological polar surface area (TPSA) is 71.0 Å². The minimum atomic E-state index is -0.618. The first-order valence-corrected chi connectivity index (χ1v) is 10.4. The third-order valence-electron chi connectivity index (χ3n) is 5.59. The van der Waals surface area contributed by atoms with E-state index in [0.717, 1.165) is 24.0 Å². The number of alkyl carbamates (subject to hydrolysis) is 1. The Morgan fingerprint density at radius 2 is 1.67 bits per heavy atom. The molecule has 30 heavy (non-hydrogen) atoms. The number of nitrogens with one attached hydrogen (secondary N) is 1. The van der Waals surface area contributed by atoms with Crippen LogP contribution >= 0.6 is 0 Å². The molecule has 1 heterocycles. The average Bonchev–Trinajstić information content (AvgIpc) is 3.49. The van der Waals surface area contributed by atoms with Crippen molar-refractivity contribution in [2.75, 3.05) is 0 Å². The summed E-state index contributed by atoms with van der Waals surface area (Å²) in [6.07, 6.45) is 1.03. The summed E-state index contributed by atoms with van der Waals surface area (Å²) in [4.78, 5) is 32.2. The molecule has 2 aromatic carbocycles. The Hall–Kier alpha value is -3.15. The Morgan fingerprint density at radius 1 is 1.07 bits per heavy atom. The fraction of sp³-hybridized carbons (Fsp3) is 0.375. The number of ether oxygens (including phenoxy) is 1. The van der Waals surface area contributed by atoms with Gasteiger partial charge in [0.05, 0.1) is 12.6 Å². The minimum Gasteiger partial charge on any atom is -0.445 e. The fourth-order valence-corrected chi connectivity index (χ4v) is 3.70. The molecule has 0 saturated heterocycles. The van der Waals surface area contributed by atoms with Gasteiger partial charge in [-0.1, -0.05) is 74.5 Å². The molecule has 0 bridgehead atoms. The summed E-state index contributed by atoms with van der Waals surface area (Å²) in [5.74, 6) is 0.715. The van der Waals surface area contributed by atoms with Gasteiger partial charge in [0.1, 0.15) is 18.0 Å². The maximum Gasteiger partial charge on any atom is 0.408 e. The second-order valence-electron chi connectivity index (χ2n) is 8.31. The van der Waals surface area contributed by atoms with Gasteiger partial charge >= 0.3 is 6.09 Å². The molecule has 1 unspecified atom stereocenters. The highest BCUT2D eigenvalue weighted by Crippen LogP contribution is 2.46. The molecule has 156 valence electrons. The summed E-state index contributed by atoms with van der Waals surface area (Å²) in [6, 6.07) is 19.0. The number of amides is 2. The van der Waals surface area contributed by atoms with E-state index in [2.05, 4.69) is 5.32 Å². The molecule has 4 rings (SSSR count). The molecule has 2 aromatic rings. The molecule has 6 nitrogen and oxygen atoms in total. The van der Waals surface area contributed by atoms with Crippen LogP contribution in [0.15, 0.2) is 65.7 Å². The van der Waals surface area contributed by atoms with Gasteiger partial charge in [0.15, 0.2) is 0 Å². The van der Waals surface area contributed by atoms with Gasteiger partial charge in [-0.05, 0) is 29.9 Å². The maximum absolute atomic E-state index is 13.1. The molecule has 0 radical (unpaired) electrons. The fourth-order valence-electron chi connectivity index (χ4n) is 3.70. The van der Waals surface area contributed by atoms with E-state index in [9.17, 15) is 9.59 Å². The van der Waals surface area contributed by atoms with E-state index in [1.165, 1.54) is 0 Å². The van der Waals surface area contributed by atoms with Crippen LogP contribution in [0.5, 0.6) is 0 Å². The second-order valence-corrected chi connectivity index (χ2v) is 8.31. The van der Waals surface area contributed by atoms with Gasteiger partial charge in [0.2, 0.25) is 0 Å². The molecule has 1 N–H and O–H groups in total. The standard InChI is InChI=1S/C24H27N3O3/c1-17(2)20(25-23(29)30-16-19-11-7-4-8-12-19)21-26-24(13-14-24)22(28)27(21)15-18-9-5-3-6-10-18/h3-12,17,20H,13-16H2,1-2H3,(H,25,29). The van der Waals surface area contributed by atoms with Gasteiger partial charge in [0.25, 0.3) is 5.91 Å². The van der Waals surface area contributed by atoms with Gasteiger partial charge in [-0.3, -0.25) is 14.7 Å². The van der Waals surface area contributed by atoms with E-state index in [-0.39, 0.29) is 18.4 Å². The lowest BCUT2D eigenvalue weighted by Crippen LogP contribution is -2.51. The smallest absolute Gasteiger partial charge is 0.408 e.